The minimum atomic E-state index is -0.543. The summed E-state index contributed by atoms with van der Waals surface area (Å²) < 4.78 is 25.9. The third-order valence-corrected chi connectivity index (χ3v) is 2.30. The summed E-state index contributed by atoms with van der Waals surface area (Å²) >= 11 is 0. The first-order chi connectivity index (χ1) is 8.09. The van der Waals surface area contributed by atoms with Crippen LogP contribution in [0.25, 0.3) is 6.08 Å². The molecule has 0 heterocycles. The number of hydrogen-bond donors (Lipinski definition) is 1. The van der Waals surface area contributed by atoms with Gasteiger partial charge in [-0.1, -0.05) is 26.0 Å². The molecule has 1 nitrogen and oxygen atoms in total. The lowest BCUT2D eigenvalue weighted by Crippen LogP contribution is -2.20. The maximum atomic E-state index is 13.2. The zero-order valence-electron chi connectivity index (χ0n) is 10.3. The van der Waals surface area contributed by atoms with E-state index in [4.69, 9.17) is 0 Å². The van der Waals surface area contributed by atoms with E-state index in [9.17, 15) is 8.78 Å². The van der Waals surface area contributed by atoms with Gasteiger partial charge in [0.15, 0.2) is 0 Å². The molecule has 0 saturated carbocycles. The van der Waals surface area contributed by atoms with Crippen molar-refractivity contribution in [3.8, 4) is 0 Å². The van der Waals surface area contributed by atoms with Crippen molar-refractivity contribution in [2.75, 3.05) is 13.1 Å². The van der Waals surface area contributed by atoms with Gasteiger partial charge >= 0.3 is 0 Å². The molecule has 0 aliphatic rings. The SMILES string of the molecule is CC(C)CNCCC=Cc1ccc(F)cc1F. The van der Waals surface area contributed by atoms with Crippen molar-refractivity contribution < 1.29 is 8.78 Å². The zero-order chi connectivity index (χ0) is 12.7. The molecule has 0 spiro atoms. The van der Waals surface area contributed by atoms with Gasteiger partial charge in [-0.15, -0.1) is 0 Å². The maximum absolute atomic E-state index is 13.2. The predicted octanol–water partition coefficient (Wildman–Crippen LogP) is 3.61. The summed E-state index contributed by atoms with van der Waals surface area (Å²) in [5.74, 6) is -0.428. The molecule has 94 valence electrons. The molecule has 1 aromatic carbocycles. The molecular weight excluding hydrogens is 220 g/mol. The monoisotopic (exact) mass is 239 g/mol. The van der Waals surface area contributed by atoms with Gasteiger partial charge in [0.1, 0.15) is 11.6 Å². The first kappa shape index (κ1) is 13.8. The Hall–Kier alpha value is -1.22. The van der Waals surface area contributed by atoms with Gasteiger partial charge in [0, 0.05) is 11.6 Å². The van der Waals surface area contributed by atoms with E-state index in [1.165, 1.54) is 12.1 Å². The highest BCUT2D eigenvalue weighted by molar-refractivity contribution is 5.49. The highest BCUT2D eigenvalue weighted by atomic mass is 19.1. The zero-order valence-corrected chi connectivity index (χ0v) is 10.3. The van der Waals surface area contributed by atoms with E-state index in [2.05, 4.69) is 19.2 Å². The summed E-state index contributed by atoms with van der Waals surface area (Å²) in [6, 6.07) is 3.61. The number of halogens is 2. The lowest BCUT2D eigenvalue weighted by molar-refractivity contribution is 0.557. The van der Waals surface area contributed by atoms with Crippen LogP contribution in [0.4, 0.5) is 8.78 Å². The van der Waals surface area contributed by atoms with E-state index < -0.39 is 11.6 Å². The Bertz CT molecular complexity index is 372. The molecule has 17 heavy (non-hydrogen) atoms. The molecule has 0 amide bonds. The van der Waals surface area contributed by atoms with Gasteiger partial charge in [0.05, 0.1) is 0 Å². The number of hydrogen-bond acceptors (Lipinski definition) is 1. The summed E-state index contributed by atoms with van der Waals surface area (Å²) in [4.78, 5) is 0. The molecule has 0 bridgehead atoms. The number of rotatable bonds is 6. The third-order valence-electron chi connectivity index (χ3n) is 2.30. The first-order valence-electron chi connectivity index (χ1n) is 5.92. The molecule has 0 fully saturated rings. The normalized spacial score (nSPS) is 11.6. The molecule has 0 saturated heterocycles. The van der Waals surface area contributed by atoms with Gasteiger partial charge in [0.2, 0.25) is 0 Å². The van der Waals surface area contributed by atoms with Crippen LogP contribution in [0.2, 0.25) is 0 Å². The molecular formula is C14H19F2N. The Kier molecular flexibility index (Phi) is 5.84. The van der Waals surface area contributed by atoms with E-state index in [-0.39, 0.29) is 0 Å². The van der Waals surface area contributed by atoms with Gasteiger partial charge in [-0.25, -0.2) is 8.78 Å². The molecule has 1 aromatic rings. The highest BCUT2D eigenvalue weighted by Crippen LogP contribution is 2.11. The summed E-state index contributed by atoms with van der Waals surface area (Å²) in [5.41, 5.74) is 0.426. The van der Waals surface area contributed by atoms with Crippen molar-refractivity contribution in [1.29, 1.82) is 0 Å². The van der Waals surface area contributed by atoms with Crippen molar-refractivity contribution in [2.45, 2.75) is 20.3 Å². The van der Waals surface area contributed by atoms with Crippen LogP contribution in [-0.2, 0) is 0 Å². The second-order valence-corrected chi connectivity index (χ2v) is 4.45. The van der Waals surface area contributed by atoms with E-state index in [0.29, 0.717) is 11.5 Å². The fourth-order valence-electron chi connectivity index (χ4n) is 1.42. The van der Waals surface area contributed by atoms with Crippen molar-refractivity contribution >= 4 is 6.08 Å². The van der Waals surface area contributed by atoms with Crippen LogP contribution in [0.3, 0.4) is 0 Å². The third kappa shape index (κ3) is 5.59. The molecule has 0 radical (unpaired) electrons. The van der Waals surface area contributed by atoms with Crippen LogP contribution in [0.15, 0.2) is 24.3 Å². The smallest absolute Gasteiger partial charge is 0.133 e. The van der Waals surface area contributed by atoms with Crippen molar-refractivity contribution in [2.24, 2.45) is 5.92 Å². The number of benzene rings is 1. The van der Waals surface area contributed by atoms with Crippen LogP contribution in [0.1, 0.15) is 25.8 Å². The fraction of sp³-hybridized carbons (Fsp3) is 0.429. The Morgan fingerprint density at radius 2 is 2.06 bits per heavy atom. The average Bonchev–Trinajstić information content (AvgIpc) is 2.25. The molecule has 3 heteroatoms. The highest BCUT2D eigenvalue weighted by Gasteiger charge is 1.99. The molecule has 0 aromatic heterocycles. The van der Waals surface area contributed by atoms with E-state index in [1.54, 1.807) is 6.08 Å². The molecule has 0 aliphatic carbocycles. The Balaban J connectivity index is 2.33. The standard InChI is InChI=1S/C14H19F2N/c1-11(2)10-17-8-4-3-5-12-6-7-13(15)9-14(12)16/h3,5-7,9,11,17H,4,8,10H2,1-2H3. The molecule has 1 rings (SSSR count). The van der Waals surface area contributed by atoms with Crippen LogP contribution in [-0.4, -0.2) is 13.1 Å². The lowest BCUT2D eigenvalue weighted by Gasteiger charge is -2.04. The second-order valence-electron chi connectivity index (χ2n) is 4.45. The van der Waals surface area contributed by atoms with Gasteiger partial charge < -0.3 is 5.32 Å². The topological polar surface area (TPSA) is 12.0 Å². The van der Waals surface area contributed by atoms with E-state index >= 15 is 0 Å². The van der Waals surface area contributed by atoms with Crippen molar-refractivity contribution in [3.05, 3.63) is 41.5 Å². The number of nitrogens with one attached hydrogen (secondary N) is 1. The Morgan fingerprint density at radius 3 is 2.71 bits per heavy atom. The van der Waals surface area contributed by atoms with Crippen molar-refractivity contribution in [3.63, 3.8) is 0 Å². The van der Waals surface area contributed by atoms with E-state index in [1.807, 2.05) is 6.08 Å². The van der Waals surface area contributed by atoms with Crippen LogP contribution in [0.5, 0.6) is 0 Å². The Morgan fingerprint density at radius 1 is 1.29 bits per heavy atom. The summed E-state index contributed by atoms with van der Waals surface area (Å²) in [7, 11) is 0. The molecule has 0 unspecified atom stereocenters. The van der Waals surface area contributed by atoms with Gasteiger partial charge in [0.25, 0.3) is 0 Å². The van der Waals surface area contributed by atoms with Crippen LogP contribution < -0.4 is 5.32 Å². The van der Waals surface area contributed by atoms with Crippen molar-refractivity contribution in [1.82, 2.24) is 5.32 Å². The van der Waals surface area contributed by atoms with Gasteiger partial charge in [-0.3, -0.25) is 0 Å². The fourth-order valence-corrected chi connectivity index (χ4v) is 1.42. The minimum absolute atomic E-state index is 0.426. The average molecular weight is 239 g/mol. The Labute approximate surface area is 102 Å². The first-order valence-corrected chi connectivity index (χ1v) is 5.92. The maximum Gasteiger partial charge on any atom is 0.133 e. The molecule has 0 atom stereocenters. The van der Waals surface area contributed by atoms with E-state index in [0.717, 1.165) is 25.6 Å². The van der Waals surface area contributed by atoms with Crippen LogP contribution >= 0.6 is 0 Å². The second kappa shape index (κ2) is 7.17. The summed E-state index contributed by atoms with van der Waals surface area (Å²) in [6.45, 7) is 6.16. The summed E-state index contributed by atoms with van der Waals surface area (Å²) in [5, 5.41) is 3.29. The lowest BCUT2D eigenvalue weighted by atomic mass is 10.2. The molecule has 1 N–H and O–H groups in total. The predicted molar refractivity (Wildman–Crippen MR) is 67.7 cm³/mol. The minimum Gasteiger partial charge on any atom is -0.316 e. The quantitative estimate of drug-likeness (QED) is 0.748. The van der Waals surface area contributed by atoms with Crippen LogP contribution in [0, 0.1) is 17.6 Å². The van der Waals surface area contributed by atoms with Gasteiger partial charge in [-0.05, 0) is 37.6 Å². The summed E-state index contributed by atoms with van der Waals surface area (Å²) in [6.07, 6.45) is 4.42. The van der Waals surface area contributed by atoms with Gasteiger partial charge in [-0.2, -0.15) is 0 Å². The molecule has 0 aliphatic heterocycles. The largest absolute Gasteiger partial charge is 0.316 e.